The minimum atomic E-state index is -3.12. The van der Waals surface area contributed by atoms with Crippen LogP contribution in [0.25, 0.3) is 0 Å². The Balaban J connectivity index is 3.44. The predicted molar refractivity (Wildman–Crippen MR) is 108 cm³/mol. The monoisotopic (exact) mass is 366 g/mol. The van der Waals surface area contributed by atoms with Crippen LogP contribution in [0, 0.1) is 0 Å². The fourth-order valence-electron chi connectivity index (χ4n) is 2.61. The molecule has 3 nitrogen and oxygen atoms in total. The summed E-state index contributed by atoms with van der Waals surface area (Å²) in [4.78, 5) is 0. The summed E-state index contributed by atoms with van der Waals surface area (Å²) in [5.41, 5.74) is 0.219. The molecule has 4 heteroatoms. The van der Waals surface area contributed by atoms with Gasteiger partial charge in [0.25, 0.3) is 0 Å². The molecule has 0 N–H and O–H groups in total. The molecule has 0 aromatic heterocycles. The topological polar surface area (TPSA) is 27.7 Å². The summed E-state index contributed by atoms with van der Waals surface area (Å²) in [6, 6.07) is 8.59. The minimum Gasteiger partial charge on any atom is -0.365 e. The highest BCUT2D eigenvalue weighted by molar-refractivity contribution is 6.75. The van der Waals surface area contributed by atoms with E-state index in [0.717, 1.165) is 18.0 Å². The largest absolute Gasteiger partial charge is 0.538 e. The number of hydrogen-bond donors (Lipinski definition) is 0. The second-order valence-corrected chi connectivity index (χ2v) is 11.9. The zero-order chi connectivity index (χ0) is 19.5. The molecule has 0 unspecified atom stereocenters. The Morgan fingerprint density at radius 1 is 0.680 bits per heavy atom. The summed E-state index contributed by atoms with van der Waals surface area (Å²) in [5, 5.41) is 1.02. The van der Waals surface area contributed by atoms with Gasteiger partial charge in [0.2, 0.25) is 0 Å². The standard InChI is InChI=1S/C21H38O3Si/c1-11-12-17-13-15-18(16-14-17)25(22-19(2,3)4,23-20(5,6)7)24-21(8,9)10/h13-16H,11-12H2,1-10H3. The molecule has 0 aliphatic rings. The highest BCUT2D eigenvalue weighted by Crippen LogP contribution is 2.29. The van der Waals surface area contributed by atoms with Crippen LogP contribution in [0.4, 0.5) is 0 Å². The van der Waals surface area contributed by atoms with Crippen molar-refractivity contribution in [2.45, 2.75) is 98.9 Å². The Labute approximate surface area is 156 Å². The molecule has 0 fully saturated rings. The Hall–Kier alpha value is -0.683. The molecule has 0 aliphatic carbocycles. The normalized spacial score (nSPS) is 14.0. The van der Waals surface area contributed by atoms with Crippen LogP contribution in [0.1, 0.15) is 81.2 Å². The van der Waals surface area contributed by atoms with E-state index in [1.54, 1.807) is 0 Å². The van der Waals surface area contributed by atoms with Gasteiger partial charge >= 0.3 is 8.80 Å². The number of benzene rings is 1. The van der Waals surface area contributed by atoms with Crippen molar-refractivity contribution in [1.29, 1.82) is 0 Å². The summed E-state index contributed by atoms with van der Waals surface area (Å²) in [7, 11) is -3.12. The highest BCUT2D eigenvalue weighted by Gasteiger charge is 2.52. The van der Waals surface area contributed by atoms with E-state index in [9.17, 15) is 0 Å². The maximum Gasteiger partial charge on any atom is 0.538 e. The van der Waals surface area contributed by atoms with Crippen molar-refractivity contribution in [2.75, 3.05) is 0 Å². The van der Waals surface area contributed by atoms with Gasteiger partial charge in [-0.15, -0.1) is 0 Å². The van der Waals surface area contributed by atoms with Crippen molar-refractivity contribution in [3.05, 3.63) is 29.8 Å². The average molecular weight is 367 g/mol. The molecule has 0 heterocycles. The summed E-state index contributed by atoms with van der Waals surface area (Å²) >= 11 is 0. The van der Waals surface area contributed by atoms with Crippen LogP contribution in [0.5, 0.6) is 0 Å². The molecule has 0 saturated heterocycles. The summed E-state index contributed by atoms with van der Waals surface area (Å²) < 4.78 is 19.7. The zero-order valence-corrected chi connectivity index (χ0v) is 18.9. The van der Waals surface area contributed by atoms with Crippen molar-refractivity contribution in [1.82, 2.24) is 0 Å². The van der Waals surface area contributed by atoms with Crippen LogP contribution in [0.15, 0.2) is 24.3 Å². The van der Waals surface area contributed by atoms with Crippen molar-refractivity contribution in [3.8, 4) is 0 Å². The average Bonchev–Trinajstić information content (AvgIpc) is 2.33. The first-order chi connectivity index (χ1) is 11.2. The molecule has 0 aliphatic heterocycles. The Morgan fingerprint density at radius 3 is 1.32 bits per heavy atom. The molecule has 0 bridgehead atoms. The minimum absolute atomic E-state index is 0.370. The van der Waals surface area contributed by atoms with Gasteiger partial charge in [-0.1, -0.05) is 37.6 Å². The first kappa shape index (κ1) is 22.4. The van der Waals surface area contributed by atoms with Gasteiger partial charge in [0.1, 0.15) is 0 Å². The molecule has 144 valence electrons. The molecule has 25 heavy (non-hydrogen) atoms. The first-order valence-electron chi connectivity index (χ1n) is 9.36. The van der Waals surface area contributed by atoms with E-state index < -0.39 is 8.80 Å². The molecule has 0 radical (unpaired) electrons. The fraction of sp³-hybridized carbons (Fsp3) is 0.714. The van der Waals surface area contributed by atoms with Crippen LogP contribution in [-0.4, -0.2) is 25.6 Å². The highest BCUT2D eigenvalue weighted by atomic mass is 28.4. The maximum absolute atomic E-state index is 6.56. The molecular formula is C21H38O3Si. The SMILES string of the molecule is CCCc1ccc([Si](OC(C)(C)C)(OC(C)(C)C)OC(C)(C)C)cc1. The Bertz CT molecular complexity index is 489. The molecule has 0 atom stereocenters. The van der Waals surface area contributed by atoms with E-state index in [-0.39, 0.29) is 16.8 Å². The molecule has 1 rings (SSSR count). The van der Waals surface area contributed by atoms with Crippen LogP contribution in [-0.2, 0) is 19.7 Å². The van der Waals surface area contributed by atoms with Crippen LogP contribution < -0.4 is 5.19 Å². The fourth-order valence-corrected chi connectivity index (χ4v) is 6.08. The Morgan fingerprint density at radius 2 is 1.04 bits per heavy atom. The first-order valence-corrected chi connectivity index (χ1v) is 11.1. The number of aryl methyl sites for hydroxylation is 1. The molecule has 0 spiro atoms. The van der Waals surface area contributed by atoms with Crippen molar-refractivity contribution in [3.63, 3.8) is 0 Å². The van der Waals surface area contributed by atoms with E-state index in [1.165, 1.54) is 5.56 Å². The van der Waals surface area contributed by atoms with Gasteiger partial charge in [0, 0.05) is 5.19 Å². The molecule has 0 saturated carbocycles. The quantitative estimate of drug-likeness (QED) is 0.645. The van der Waals surface area contributed by atoms with Crippen LogP contribution in [0.2, 0.25) is 0 Å². The molecule has 1 aromatic rings. The lowest BCUT2D eigenvalue weighted by atomic mass is 10.1. The van der Waals surface area contributed by atoms with Crippen molar-refractivity contribution >= 4 is 14.0 Å². The van der Waals surface area contributed by atoms with E-state index in [0.29, 0.717) is 0 Å². The summed E-state index contributed by atoms with van der Waals surface area (Å²) in [6.45, 7) is 20.7. The second kappa shape index (κ2) is 7.91. The lowest BCUT2D eigenvalue weighted by Gasteiger charge is -2.43. The number of rotatable bonds is 6. The van der Waals surface area contributed by atoms with Gasteiger partial charge in [-0.2, -0.15) is 0 Å². The zero-order valence-electron chi connectivity index (χ0n) is 17.9. The van der Waals surface area contributed by atoms with Gasteiger partial charge in [0.05, 0.1) is 16.8 Å². The van der Waals surface area contributed by atoms with E-state index in [2.05, 4.69) is 93.5 Å². The van der Waals surface area contributed by atoms with E-state index >= 15 is 0 Å². The third kappa shape index (κ3) is 8.03. The van der Waals surface area contributed by atoms with Crippen molar-refractivity contribution in [2.24, 2.45) is 0 Å². The van der Waals surface area contributed by atoms with Crippen LogP contribution in [0.3, 0.4) is 0 Å². The van der Waals surface area contributed by atoms with Crippen LogP contribution >= 0.6 is 0 Å². The smallest absolute Gasteiger partial charge is 0.365 e. The van der Waals surface area contributed by atoms with Gasteiger partial charge in [-0.25, -0.2) is 0 Å². The molecular weight excluding hydrogens is 328 g/mol. The van der Waals surface area contributed by atoms with Gasteiger partial charge in [-0.05, 0) is 74.3 Å². The summed E-state index contributed by atoms with van der Waals surface area (Å²) in [5.74, 6) is 0. The summed E-state index contributed by atoms with van der Waals surface area (Å²) in [6.07, 6.45) is 2.21. The third-order valence-electron chi connectivity index (χ3n) is 3.17. The molecule has 0 amide bonds. The lowest BCUT2D eigenvalue weighted by molar-refractivity contribution is -0.0655. The number of hydrogen-bond acceptors (Lipinski definition) is 3. The lowest BCUT2D eigenvalue weighted by Crippen LogP contribution is -2.64. The maximum atomic E-state index is 6.56. The van der Waals surface area contributed by atoms with E-state index in [4.69, 9.17) is 13.3 Å². The van der Waals surface area contributed by atoms with Gasteiger partial charge < -0.3 is 13.3 Å². The Kier molecular flexibility index (Phi) is 7.07. The van der Waals surface area contributed by atoms with Gasteiger partial charge in [-0.3, -0.25) is 0 Å². The van der Waals surface area contributed by atoms with Gasteiger partial charge in [0.15, 0.2) is 0 Å². The second-order valence-electron chi connectivity index (χ2n) is 9.65. The third-order valence-corrected chi connectivity index (χ3v) is 6.85. The molecule has 1 aromatic carbocycles. The predicted octanol–water partition coefficient (Wildman–Crippen LogP) is 5.23. The van der Waals surface area contributed by atoms with E-state index in [1.807, 2.05) is 0 Å². The van der Waals surface area contributed by atoms with Crippen molar-refractivity contribution < 1.29 is 13.3 Å².